The van der Waals surface area contributed by atoms with Crippen molar-refractivity contribution in [1.82, 2.24) is 20.3 Å². The van der Waals surface area contributed by atoms with Crippen molar-refractivity contribution in [3.63, 3.8) is 0 Å². The zero-order valence-corrected chi connectivity index (χ0v) is 22.9. The van der Waals surface area contributed by atoms with Crippen molar-refractivity contribution in [2.75, 3.05) is 47.2 Å². The van der Waals surface area contributed by atoms with Gasteiger partial charge < -0.3 is 39.7 Å². The number of aliphatic imine (C=N–C) groups is 1. The number of aromatic nitrogens is 3. The fraction of sp³-hybridized carbons (Fsp3) is 0.233. The Bertz CT molecular complexity index is 1560. The van der Waals surface area contributed by atoms with Crippen LogP contribution in [0.15, 0.2) is 89.4 Å². The molecule has 212 valence electrons. The minimum Gasteiger partial charge on any atom is -0.497 e. The van der Waals surface area contributed by atoms with Gasteiger partial charge in [0.1, 0.15) is 47.8 Å². The number of dihydropyridines is 1. The lowest BCUT2D eigenvalue weighted by molar-refractivity contribution is 0.0604. The van der Waals surface area contributed by atoms with Crippen LogP contribution in [0.5, 0.6) is 17.2 Å². The van der Waals surface area contributed by atoms with E-state index in [9.17, 15) is 0 Å². The third-order valence-corrected chi connectivity index (χ3v) is 6.14. The first-order valence-electron chi connectivity index (χ1n) is 13.1. The maximum atomic E-state index is 6.19. The number of nitrogens with zero attached hydrogens (tertiary/aromatic N) is 3. The number of H-pyrrole nitrogens is 1. The van der Waals surface area contributed by atoms with Crippen molar-refractivity contribution < 1.29 is 23.7 Å². The Labute approximate surface area is 237 Å². The Hall–Kier alpha value is -5.03. The van der Waals surface area contributed by atoms with Crippen LogP contribution in [0, 0.1) is 0 Å². The molecule has 11 heteroatoms. The van der Waals surface area contributed by atoms with Crippen LogP contribution in [0.2, 0.25) is 0 Å². The van der Waals surface area contributed by atoms with Crippen LogP contribution in [-0.2, 0) is 9.47 Å². The Morgan fingerprint density at radius 3 is 2.49 bits per heavy atom. The number of hydrogen-bond acceptors (Lipinski definition) is 9. The molecule has 5 rings (SSSR count). The highest BCUT2D eigenvalue weighted by Gasteiger charge is 2.11. The average Bonchev–Trinajstić information content (AvgIpc) is 3.45. The van der Waals surface area contributed by atoms with Crippen molar-refractivity contribution in [1.29, 1.82) is 0 Å². The van der Waals surface area contributed by atoms with Gasteiger partial charge in [0.2, 0.25) is 0 Å². The molecule has 3 heterocycles. The molecule has 4 aromatic rings. The van der Waals surface area contributed by atoms with Gasteiger partial charge in [0.25, 0.3) is 0 Å². The number of pyridine rings is 1. The monoisotopic (exact) mass is 556 g/mol. The lowest BCUT2D eigenvalue weighted by Gasteiger charge is -2.16. The van der Waals surface area contributed by atoms with E-state index in [2.05, 4.69) is 25.3 Å². The Balaban J connectivity index is 1.04. The molecule has 0 amide bonds. The first-order chi connectivity index (χ1) is 20.1. The summed E-state index contributed by atoms with van der Waals surface area (Å²) in [5, 5.41) is 3.21. The Morgan fingerprint density at radius 2 is 1.68 bits per heavy atom. The van der Waals surface area contributed by atoms with Gasteiger partial charge in [-0.25, -0.2) is 9.98 Å². The first kappa shape index (κ1) is 27.5. The zero-order chi connectivity index (χ0) is 28.4. The number of fused-ring (bicyclic) bond motifs is 1. The molecule has 4 N–H and O–H groups in total. The molecular formula is C30H32N6O5. The summed E-state index contributed by atoms with van der Waals surface area (Å²) in [6.45, 7) is 2.19. The van der Waals surface area contributed by atoms with Crippen molar-refractivity contribution >= 4 is 22.6 Å². The number of hydrogen-bond donors (Lipinski definition) is 3. The number of rotatable bonds is 13. The van der Waals surface area contributed by atoms with E-state index in [1.807, 2.05) is 60.7 Å². The minimum absolute atomic E-state index is 0.373. The lowest BCUT2D eigenvalue weighted by Crippen LogP contribution is -2.29. The largest absolute Gasteiger partial charge is 0.497 e. The summed E-state index contributed by atoms with van der Waals surface area (Å²) < 4.78 is 27.8. The predicted molar refractivity (Wildman–Crippen MR) is 157 cm³/mol. The van der Waals surface area contributed by atoms with Gasteiger partial charge in [-0.3, -0.25) is 4.98 Å². The van der Waals surface area contributed by atoms with E-state index in [0.717, 1.165) is 28.2 Å². The summed E-state index contributed by atoms with van der Waals surface area (Å²) in [6.07, 6.45) is 5.46. The molecule has 1 aliphatic heterocycles. The molecule has 0 unspecified atom stereocenters. The molecule has 0 fully saturated rings. The van der Waals surface area contributed by atoms with Gasteiger partial charge in [-0.15, -0.1) is 0 Å². The Morgan fingerprint density at radius 1 is 0.902 bits per heavy atom. The second kappa shape index (κ2) is 13.4. The molecule has 0 saturated heterocycles. The van der Waals surface area contributed by atoms with Crippen molar-refractivity contribution in [2.45, 2.75) is 0 Å². The SMILES string of the molecule is COc1ccc(N=C(N)C2=CC(OCCOCCOc3ccnc(-c4nc5ccc(OC)cc5[nH]4)c3)=CCN2)cc1. The molecule has 0 radical (unpaired) electrons. The number of methoxy groups -OCH3 is 2. The molecular weight excluding hydrogens is 524 g/mol. The van der Waals surface area contributed by atoms with Gasteiger partial charge in [0.15, 0.2) is 5.82 Å². The summed E-state index contributed by atoms with van der Waals surface area (Å²) in [7, 11) is 3.26. The van der Waals surface area contributed by atoms with Gasteiger partial charge in [-0.05, 0) is 48.5 Å². The number of amidine groups is 1. The molecule has 11 nitrogen and oxygen atoms in total. The highest BCUT2D eigenvalue weighted by molar-refractivity contribution is 5.98. The average molecular weight is 557 g/mol. The van der Waals surface area contributed by atoms with E-state index in [4.69, 9.17) is 29.4 Å². The van der Waals surface area contributed by atoms with Gasteiger partial charge in [-0.2, -0.15) is 0 Å². The standard InChI is InChI=1S/C30H32N6O5/c1-37-21-5-3-20(4-6-21)34-29(31)27-18-23(9-11-32-27)40-15-13-39-14-16-41-24-10-12-33-28(19-24)30-35-25-8-7-22(38-2)17-26(25)36-30/h3-10,12,17-19,32H,11,13-16H2,1-2H3,(H2,31,34)(H,35,36). The van der Waals surface area contributed by atoms with Crippen LogP contribution in [0.1, 0.15) is 0 Å². The van der Waals surface area contributed by atoms with Crippen molar-refractivity contribution in [3.8, 4) is 28.8 Å². The minimum atomic E-state index is 0.373. The highest BCUT2D eigenvalue weighted by atomic mass is 16.5. The normalized spacial score (nSPS) is 13.3. The number of ether oxygens (including phenoxy) is 5. The van der Waals surface area contributed by atoms with Crippen molar-refractivity contribution in [2.24, 2.45) is 10.7 Å². The van der Waals surface area contributed by atoms with E-state index in [1.165, 1.54) is 0 Å². The van der Waals surface area contributed by atoms with Crippen LogP contribution in [0.4, 0.5) is 5.69 Å². The van der Waals surface area contributed by atoms with Gasteiger partial charge in [0, 0.05) is 31.0 Å². The summed E-state index contributed by atoms with van der Waals surface area (Å²) in [5.74, 6) is 3.94. The van der Waals surface area contributed by atoms with Gasteiger partial charge in [0.05, 0.1) is 49.9 Å². The molecule has 2 aromatic heterocycles. The fourth-order valence-electron chi connectivity index (χ4n) is 4.04. The second-order valence-corrected chi connectivity index (χ2v) is 8.90. The van der Waals surface area contributed by atoms with Gasteiger partial charge in [-0.1, -0.05) is 0 Å². The second-order valence-electron chi connectivity index (χ2n) is 8.90. The van der Waals surface area contributed by atoms with E-state index in [-0.39, 0.29) is 0 Å². The van der Waals surface area contributed by atoms with Crippen molar-refractivity contribution in [3.05, 3.63) is 84.4 Å². The summed E-state index contributed by atoms with van der Waals surface area (Å²) in [6, 6.07) is 16.7. The third kappa shape index (κ3) is 7.34. The van der Waals surface area contributed by atoms with E-state index in [1.54, 1.807) is 26.5 Å². The number of allylic oxidation sites excluding steroid dienone is 1. The molecule has 41 heavy (non-hydrogen) atoms. The van der Waals surface area contributed by atoms with Crippen LogP contribution >= 0.6 is 0 Å². The summed E-state index contributed by atoms with van der Waals surface area (Å²) in [5.41, 5.74) is 10.0. The summed E-state index contributed by atoms with van der Waals surface area (Å²) in [4.78, 5) is 16.8. The molecule has 0 spiro atoms. The third-order valence-electron chi connectivity index (χ3n) is 6.14. The van der Waals surface area contributed by atoms with E-state index >= 15 is 0 Å². The smallest absolute Gasteiger partial charge is 0.157 e. The molecule has 0 atom stereocenters. The maximum Gasteiger partial charge on any atom is 0.157 e. The topological polar surface area (TPSA) is 138 Å². The lowest BCUT2D eigenvalue weighted by atomic mass is 10.2. The molecule has 0 aliphatic carbocycles. The van der Waals surface area contributed by atoms with E-state index < -0.39 is 0 Å². The molecule has 0 saturated carbocycles. The van der Waals surface area contributed by atoms with Crippen LogP contribution in [-0.4, -0.2) is 68.0 Å². The highest BCUT2D eigenvalue weighted by Crippen LogP contribution is 2.25. The zero-order valence-electron chi connectivity index (χ0n) is 22.9. The Kier molecular flexibility index (Phi) is 8.97. The molecule has 1 aliphatic rings. The summed E-state index contributed by atoms with van der Waals surface area (Å²) >= 11 is 0. The first-order valence-corrected chi connectivity index (χ1v) is 13.1. The predicted octanol–water partition coefficient (Wildman–Crippen LogP) is 4.11. The van der Waals surface area contributed by atoms with Gasteiger partial charge >= 0.3 is 0 Å². The maximum absolute atomic E-state index is 6.19. The number of imidazole rings is 1. The van der Waals surface area contributed by atoms with Crippen LogP contribution < -0.4 is 25.3 Å². The molecule has 2 aromatic carbocycles. The quantitative estimate of drug-likeness (QED) is 0.126. The number of nitrogens with one attached hydrogen (secondary N) is 2. The number of aromatic amines is 1. The fourth-order valence-corrected chi connectivity index (χ4v) is 4.04. The van der Waals surface area contributed by atoms with Crippen LogP contribution in [0.25, 0.3) is 22.6 Å². The number of nitrogens with two attached hydrogens (primary N) is 1. The van der Waals surface area contributed by atoms with Crippen LogP contribution in [0.3, 0.4) is 0 Å². The number of benzene rings is 2. The molecule has 0 bridgehead atoms. The van der Waals surface area contributed by atoms with E-state index in [0.29, 0.717) is 67.5 Å².